The zero-order valence-corrected chi connectivity index (χ0v) is 16.9. The Balaban J connectivity index is 1.39. The Hall–Kier alpha value is -3.33. The summed E-state index contributed by atoms with van der Waals surface area (Å²) < 4.78 is 18.8. The molecule has 0 saturated carbocycles. The summed E-state index contributed by atoms with van der Waals surface area (Å²) in [5.74, 6) is 0.193. The number of halogens is 1. The highest BCUT2D eigenvalue weighted by Crippen LogP contribution is 2.23. The fourth-order valence-corrected chi connectivity index (χ4v) is 3.42. The van der Waals surface area contributed by atoms with Crippen LogP contribution in [-0.2, 0) is 16.0 Å². The lowest BCUT2D eigenvalue weighted by Gasteiger charge is -2.32. The van der Waals surface area contributed by atoms with E-state index in [9.17, 15) is 9.18 Å². The van der Waals surface area contributed by atoms with Crippen LogP contribution in [0.3, 0.4) is 0 Å². The van der Waals surface area contributed by atoms with Crippen molar-refractivity contribution in [3.63, 3.8) is 0 Å². The number of ether oxygens (including phenoxy) is 1. The Morgan fingerprint density at radius 2 is 2.13 bits per heavy atom. The zero-order chi connectivity index (χ0) is 21.1. The minimum absolute atomic E-state index is 0.0524. The smallest absolute Gasteiger partial charge is 0.227 e. The van der Waals surface area contributed by atoms with Gasteiger partial charge in [-0.15, -0.1) is 0 Å². The summed E-state index contributed by atoms with van der Waals surface area (Å²) in [6.07, 6.45) is 2.86. The summed E-state index contributed by atoms with van der Waals surface area (Å²) >= 11 is 0. The summed E-state index contributed by atoms with van der Waals surface area (Å²) in [6.45, 7) is 5.29. The molecule has 1 amide bonds. The molecule has 1 aliphatic rings. The number of pyridine rings is 2. The number of carbonyl (C=O) groups is 1. The third-order valence-corrected chi connectivity index (χ3v) is 5.14. The van der Waals surface area contributed by atoms with Crippen molar-refractivity contribution in [1.29, 1.82) is 0 Å². The molecule has 4 heterocycles. The van der Waals surface area contributed by atoms with Gasteiger partial charge in [-0.25, -0.2) is 9.37 Å². The van der Waals surface area contributed by atoms with E-state index >= 15 is 0 Å². The van der Waals surface area contributed by atoms with Gasteiger partial charge in [0.05, 0.1) is 49.0 Å². The summed E-state index contributed by atoms with van der Waals surface area (Å²) in [5.41, 5.74) is 4.21. The normalized spacial score (nSPS) is 16.5. The Bertz CT molecular complexity index is 999. The maximum absolute atomic E-state index is 13.0. The van der Waals surface area contributed by atoms with Crippen molar-refractivity contribution in [2.75, 3.05) is 25.0 Å². The van der Waals surface area contributed by atoms with Gasteiger partial charge >= 0.3 is 0 Å². The zero-order valence-electron chi connectivity index (χ0n) is 16.9. The minimum atomic E-state index is -0.388. The lowest BCUT2D eigenvalue weighted by molar-refractivity contribution is -0.138. The number of amides is 1. The molecule has 0 spiro atoms. The third kappa shape index (κ3) is 4.46. The van der Waals surface area contributed by atoms with E-state index in [-0.39, 0.29) is 17.8 Å². The Kier molecular flexibility index (Phi) is 5.71. The predicted octanol–water partition coefficient (Wildman–Crippen LogP) is 2.84. The third-order valence-electron chi connectivity index (χ3n) is 5.14. The molecular weight excluding hydrogens is 387 g/mol. The molecule has 0 unspecified atom stereocenters. The molecule has 1 fully saturated rings. The van der Waals surface area contributed by atoms with E-state index in [1.165, 1.54) is 6.07 Å². The van der Waals surface area contributed by atoms with Gasteiger partial charge in [-0.1, -0.05) is 0 Å². The van der Waals surface area contributed by atoms with E-state index in [0.29, 0.717) is 31.9 Å². The van der Waals surface area contributed by atoms with Crippen LogP contribution in [0, 0.1) is 19.7 Å². The standard InChI is InChI=1S/C21H23FN6O2/c1-13-17(14(2)27-26-13)9-21(29)28-7-8-30-19(12-28)18-5-4-16(11-23-18)25-20-6-3-15(22)10-24-20/h3-6,10-11,19H,7-9,12H2,1-2H3,(H,24,25)(H,26,27)/t19-/m1/s1. The van der Waals surface area contributed by atoms with Crippen LogP contribution < -0.4 is 5.32 Å². The van der Waals surface area contributed by atoms with Crippen LogP contribution in [0.15, 0.2) is 36.7 Å². The first-order valence-electron chi connectivity index (χ1n) is 9.74. The molecule has 0 aliphatic carbocycles. The second-order valence-electron chi connectivity index (χ2n) is 7.25. The molecule has 4 rings (SSSR count). The fourth-order valence-electron chi connectivity index (χ4n) is 3.42. The number of hydrogen-bond donors (Lipinski definition) is 2. The number of morpholine rings is 1. The van der Waals surface area contributed by atoms with E-state index in [0.717, 1.165) is 34.5 Å². The molecule has 8 nitrogen and oxygen atoms in total. The van der Waals surface area contributed by atoms with Gasteiger partial charge in [-0.05, 0) is 38.1 Å². The molecule has 9 heteroatoms. The predicted molar refractivity (Wildman–Crippen MR) is 109 cm³/mol. The molecule has 2 N–H and O–H groups in total. The van der Waals surface area contributed by atoms with Gasteiger partial charge in [0.25, 0.3) is 0 Å². The lowest BCUT2D eigenvalue weighted by Crippen LogP contribution is -2.43. The number of nitrogens with zero attached hydrogens (tertiary/aromatic N) is 4. The Labute approximate surface area is 173 Å². The minimum Gasteiger partial charge on any atom is -0.368 e. The molecule has 156 valence electrons. The maximum Gasteiger partial charge on any atom is 0.227 e. The van der Waals surface area contributed by atoms with Gasteiger partial charge in [0.1, 0.15) is 17.7 Å². The molecule has 1 aliphatic heterocycles. The average Bonchev–Trinajstić information content (AvgIpc) is 3.08. The van der Waals surface area contributed by atoms with Crippen molar-refractivity contribution >= 4 is 17.4 Å². The lowest BCUT2D eigenvalue weighted by atomic mass is 10.1. The van der Waals surface area contributed by atoms with Crippen molar-refractivity contribution in [3.05, 3.63) is 65.1 Å². The van der Waals surface area contributed by atoms with Crippen molar-refractivity contribution < 1.29 is 13.9 Å². The Morgan fingerprint density at radius 1 is 1.27 bits per heavy atom. The van der Waals surface area contributed by atoms with Crippen LogP contribution in [-0.4, -0.2) is 50.7 Å². The van der Waals surface area contributed by atoms with Crippen LogP contribution in [0.1, 0.15) is 28.7 Å². The number of aryl methyl sites for hydroxylation is 2. The number of rotatable bonds is 5. The van der Waals surface area contributed by atoms with Crippen molar-refractivity contribution in [2.45, 2.75) is 26.4 Å². The molecule has 0 aromatic carbocycles. The van der Waals surface area contributed by atoms with Crippen LogP contribution in [0.25, 0.3) is 0 Å². The van der Waals surface area contributed by atoms with E-state index in [1.807, 2.05) is 30.9 Å². The van der Waals surface area contributed by atoms with E-state index in [2.05, 4.69) is 25.5 Å². The van der Waals surface area contributed by atoms with Crippen molar-refractivity contribution in [1.82, 2.24) is 25.1 Å². The highest BCUT2D eigenvalue weighted by molar-refractivity contribution is 5.79. The summed E-state index contributed by atoms with van der Waals surface area (Å²) in [5, 5.41) is 10.1. The van der Waals surface area contributed by atoms with Crippen LogP contribution in [0.4, 0.5) is 15.9 Å². The van der Waals surface area contributed by atoms with Gasteiger partial charge in [-0.2, -0.15) is 5.10 Å². The molecule has 30 heavy (non-hydrogen) atoms. The number of aromatic amines is 1. The largest absolute Gasteiger partial charge is 0.368 e. The van der Waals surface area contributed by atoms with Gasteiger partial charge in [-0.3, -0.25) is 14.9 Å². The van der Waals surface area contributed by atoms with Gasteiger partial charge in [0.2, 0.25) is 5.91 Å². The quantitative estimate of drug-likeness (QED) is 0.672. The van der Waals surface area contributed by atoms with Gasteiger partial charge in [0, 0.05) is 17.8 Å². The molecule has 0 radical (unpaired) electrons. The molecule has 1 atom stereocenters. The Morgan fingerprint density at radius 3 is 2.80 bits per heavy atom. The number of anilines is 2. The van der Waals surface area contributed by atoms with Crippen LogP contribution >= 0.6 is 0 Å². The van der Waals surface area contributed by atoms with E-state index in [4.69, 9.17) is 4.74 Å². The topological polar surface area (TPSA) is 96.0 Å². The fraction of sp³-hybridized carbons (Fsp3) is 0.333. The first-order valence-corrected chi connectivity index (χ1v) is 9.74. The maximum atomic E-state index is 13.0. The first kappa shape index (κ1) is 20.0. The van der Waals surface area contributed by atoms with Crippen LogP contribution in [0.5, 0.6) is 0 Å². The number of nitrogens with one attached hydrogen (secondary N) is 2. The second-order valence-corrected chi connectivity index (χ2v) is 7.25. The number of H-pyrrole nitrogens is 1. The van der Waals surface area contributed by atoms with E-state index < -0.39 is 0 Å². The summed E-state index contributed by atoms with van der Waals surface area (Å²) in [4.78, 5) is 23.0. The summed E-state index contributed by atoms with van der Waals surface area (Å²) in [6, 6.07) is 6.61. The molecular formula is C21H23FN6O2. The van der Waals surface area contributed by atoms with Crippen molar-refractivity contribution in [3.8, 4) is 0 Å². The molecule has 0 bridgehead atoms. The number of aromatic nitrogens is 4. The van der Waals surface area contributed by atoms with Gasteiger partial charge < -0.3 is 15.0 Å². The van der Waals surface area contributed by atoms with Crippen molar-refractivity contribution in [2.24, 2.45) is 0 Å². The second kappa shape index (κ2) is 8.58. The number of hydrogen-bond acceptors (Lipinski definition) is 6. The highest BCUT2D eigenvalue weighted by Gasteiger charge is 2.27. The van der Waals surface area contributed by atoms with E-state index in [1.54, 1.807) is 12.3 Å². The highest BCUT2D eigenvalue weighted by atomic mass is 19.1. The van der Waals surface area contributed by atoms with Crippen LogP contribution in [0.2, 0.25) is 0 Å². The van der Waals surface area contributed by atoms with Gasteiger partial charge in [0.15, 0.2) is 0 Å². The monoisotopic (exact) mass is 410 g/mol. The molecule has 3 aromatic rings. The summed E-state index contributed by atoms with van der Waals surface area (Å²) in [7, 11) is 0. The average molecular weight is 410 g/mol. The molecule has 1 saturated heterocycles. The first-order chi connectivity index (χ1) is 14.5. The SMILES string of the molecule is Cc1n[nH]c(C)c1CC(=O)N1CCO[C@@H](c2ccc(Nc3ccc(F)cn3)cn2)C1. The molecule has 3 aromatic heterocycles. The number of carbonyl (C=O) groups excluding carboxylic acids is 1.